The number of rotatable bonds is 7. The van der Waals surface area contributed by atoms with Gasteiger partial charge in [0.25, 0.3) is 0 Å². The van der Waals surface area contributed by atoms with Crippen LogP contribution in [0, 0.1) is 0 Å². The highest BCUT2D eigenvalue weighted by molar-refractivity contribution is 6.17. The summed E-state index contributed by atoms with van der Waals surface area (Å²) in [7, 11) is 2.20. The number of benzene rings is 2. The molecule has 2 aromatic carbocycles. The summed E-state index contributed by atoms with van der Waals surface area (Å²) in [5, 5.41) is 2.70. The molecule has 0 aliphatic heterocycles. The molecule has 0 atom stereocenters. The third kappa shape index (κ3) is 4.22. The first kappa shape index (κ1) is 14.4. The van der Waals surface area contributed by atoms with Crippen molar-refractivity contribution in [2.75, 3.05) is 19.5 Å². The molecule has 0 saturated carbocycles. The molecule has 0 spiro atoms. The molecule has 0 aliphatic carbocycles. The van der Waals surface area contributed by atoms with Crippen LogP contribution in [0.15, 0.2) is 42.5 Å². The lowest BCUT2D eigenvalue weighted by molar-refractivity contribution is 0.319. The van der Waals surface area contributed by atoms with Crippen LogP contribution in [0.2, 0.25) is 0 Å². The third-order valence-corrected chi connectivity index (χ3v) is 3.76. The lowest BCUT2D eigenvalue weighted by atomic mass is 10.0. The fourth-order valence-corrected chi connectivity index (χ4v) is 2.64. The van der Waals surface area contributed by atoms with Crippen LogP contribution in [0.1, 0.15) is 24.8 Å². The molecule has 2 rings (SSSR count). The molecule has 0 heterocycles. The largest absolute Gasteiger partial charge is 0.302 e. The van der Waals surface area contributed by atoms with Crippen LogP contribution in [0.5, 0.6) is 0 Å². The standard InChI is InChI=1S/C17H22ClN/c1-19(13-6-2-5-12-18)14-16-10-7-9-15-8-3-4-11-17(15)16/h3-4,7-11H,2,5-6,12-14H2,1H3. The van der Waals surface area contributed by atoms with Gasteiger partial charge >= 0.3 is 0 Å². The van der Waals surface area contributed by atoms with E-state index in [9.17, 15) is 0 Å². The van der Waals surface area contributed by atoms with Gasteiger partial charge in [-0.05, 0) is 42.8 Å². The fraction of sp³-hybridized carbons (Fsp3) is 0.412. The zero-order valence-corrected chi connectivity index (χ0v) is 12.4. The Morgan fingerprint density at radius 1 is 0.947 bits per heavy atom. The Morgan fingerprint density at radius 3 is 2.58 bits per heavy atom. The van der Waals surface area contributed by atoms with Gasteiger partial charge in [-0.1, -0.05) is 48.9 Å². The maximum Gasteiger partial charge on any atom is 0.0236 e. The summed E-state index contributed by atoms with van der Waals surface area (Å²) in [6.07, 6.45) is 3.58. The third-order valence-electron chi connectivity index (χ3n) is 3.49. The van der Waals surface area contributed by atoms with E-state index in [1.54, 1.807) is 0 Å². The first-order valence-electron chi connectivity index (χ1n) is 7.02. The molecular weight excluding hydrogens is 254 g/mol. The van der Waals surface area contributed by atoms with Gasteiger partial charge in [0.15, 0.2) is 0 Å². The average molecular weight is 276 g/mol. The van der Waals surface area contributed by atoms with Gasteiger partial charge in [0.2, 0.25) is 0 Å². The molecular formula is C17H22ClN. The average Bonchev–Trinajstić information content (AvgIpc) is 2.44. The zero-order chi connectivity index (χ0) is 13.5. The summed E-state index contributed by atoms with van der Waals surface area (Å²) < 4.78 is 0. The highest BCUT2D eigenvalue weighted by Crippen LogP contribution is 2.19. The Kier molecular flexibility index (Phi) is 5.68. The molecule has 19 heavy (non-hydrogen) atoms. The molecule has 0 unspecified atom stereocenters. The Balaban J connectivity index is 1.97. The summed E-state index contributed by atoms with van der Waals surface area (Å²) in [4.78, 5) is 2.40. The Bertz CT molecular complexity index is 504. The molecule has 0 bridgehead atoms. The maximum absolute atomic E-state index is 5.70. The van der Waals surface area contributed by atoms with Gasteiger partial charge in [0.1, 0.15) is 0 Å². The number of alkyl halides is 1. The number of unbranched alkanes of at least 4 members (excludes halogenated alkanes) is 2. The summed E-state index contributed by atoms with van der Waals surface area (Å²) in [6, 6.07) is 15.2. The van der Waals surface area contributed by atoms with Crippen molar-refractivity contribution in [2.45, 2.75) is 25.8 Å². The first-order chi connectivity index (χ1) is 9.31. The van der Waals surface area contributed by atoms with Crippen LogP contribution in [-0.4, -0.2) is 24.4 Å². The van der Waals surface area contributed by atoms with Crippen LogP contribution in [0.3, 0.4) is 0 Å². The van der Waals surface area contributed by atoms with Gasteiger partial charge < -0.3 is 4.90 Å². The Morgan fingerprint density at radius 2 is 1.74 bits per heavy atom. The molecule has 2 aromatic rings. The van der Waals surface area contributed by atoms with Gasteiger partial charge in [-0.25, -0.2) is 0 Å². The molecule has 0 N–H and O–H groups in total. The van der Waals surface area contributed by atoms with E-state index in [4.69, 9.17) is 11.6 Å². The summed E-state index contributed by atoms with van der Waals surface area (Å²) in [5.41, 5.74) is 1.41. The lowest BCUT2D eigenvalue weighted by Gasteiger charge is -2.17. The number of halogens is 1. The molecule has 2 heteroatoms. The molecule has 0 radical (unpaired) electrons. The van der Waals surface area contributed by atoms with Crippen molar-refractivity contribution in [3.8, 4) is 0 Å². The van der Waals surface area contributed by atoms with Crippen LogP contribution in [-0.2, 0) is 6.54 Å². The van der Waals surface area contributed by atoms with Crippen molar-refractivity contribution in [1.29, 1.82) is 0 Å². The van der Waals surface area contributed by atoms with E-state index >= 15 is 0 Å². The number of hydrogen-bond donors (Lipinski definition) is 0. The van der Waals surface area contributed by atoms with Gasteiger partial charge in [-0.2, -0.15) is 0 Å². The van der Waals surface area contributed by atoms with Crippen LogP contribution >= 0.6 is 11.6 Å². The van der Waals surface area contributed by atoms with E-state index in [0.29, 0.717) is 0 Å². The van der Waals surface area contributed by atoms with Crippen molar-refractivity contribution in [2.24, 2.45) is 0 Å². The van der Waals surface area contributed by atoms with E-state index in [0.717, 1.165) is 25.4 Å². The SMILES string of the molecule is CN(CCCCCCl)Cc1cccc2ccccc12. The van der Waals surface area contributed by atoms with E-state index in [1.165, 1.54) is 29.2 Å². The van der Waals surface area contributed by atoms with Gasteiger partial charge in [0, 0.05) is 12.4 Å². The summed E-state index contributed by atoms with van der Waals surface area (Å²) in [6.45, 7) is 2.16. The summed E-state index contributed by atoms with van der Waals surface area (Å²) in [5.74, 6) is 0.785. The fourth-order valence-electron chi connectivity index (χ4n) is 2.45. The van der Waals surface area contributed by atoms with Crippen molar-refractivity contribution >= 4 is 22.4 Å². The number of hydrogen-bond acceptors (Lipinski definition) is 1. The zero-order valence-electron chi connectivity index (χ0n) is 11.6. The van der Waals surface area contributed by atoms with Crippen molar-refractivity contribution in [3.05, 3.63) is 48.0 Å². The minimum atomic E-state index is 0.785. The minimum Gasteiger partial charge on any atom is -0.302 e. The van der Waals surface area contributed by atoms with E-state index in [2.05, 4.69) is 54.4 Å². The van der Waals surface area contributed by atoms with Crippen LogP contribution in [0.25, 0.3) is 10.8 Å². The van der Waals surface area contributed by atoms with Crippen molar-refractivity contribution in [3.63, 3.8) is 0 Å². The Labute approximate surface area is 121 Å². The van der Waals surface area contributed by atoms with Crippen LogP contribution in [0.4, 0.5) is 0 Å². The molecule has 1 nitrogen and oxygen atoms in total. The van der Waals surface area contributed by atoms with E-state index in [-0.39, 0.29) is 0 Å². The molecule has 0 aliphatic rings. The molecule has 0 aromatic heterocycles. The van der Waals surface area contributed by atoms with Gasteiger partial charge in [-0.15, -0.1) is 11.6 Å². The Hall–Kier alpha value is -1.05. The second-order valence-corrected chi connectivity index (χ2v) is 5.50. The second-order valence-electron chi connectivity index (χ2n) is 5.13. The number of fused-ring (bicyclic) bond motifs is 1. The predicted octanol–water partition coefficient (Wildman–Crippen LogP) is 4.68. The van der Waals surface area contributed by atoms with Gasteiger partial charge in [-0.3, -0.25) is 0 Å². The summed E-state index contributed by atoms with van der Waals surface area (Å²) >= 11 is 5.70. The number of nitrogens with zero attached hydrogens (tertiary/aromatic N) is 1. The topological polar surface area (TPSA) is 3.24 Å². The smallest absolute Gasteiger partial charge is 0.0236 e. The lowest BCUT2D eigenvalue weighted by Crippen LogP contribution is -2.19. The van der Waals surface area contributed by atoms with Crippen molar-refractivity contribution < 1.29 is 0 Å². The van der Waals surface area contributed by atoms with E-state index < -0.39 is 0 Å². The molecule has 0 amide bonds. The second kappa shape index (κ2) is 7.52. The monoisotopic (exact) mass is 275 g/mol. The highest BCUT2D eigenvalue weighted by atomic mass is 35.5. The molecule has 0 saturated heterocycles. The van der Waals surface area contributed by atoms with Gasteiger partial charge in [0.05, 0.1) is 0 Å². The van der Waals surface area contributed by atoms with E-state index in [1.807, 2.05) is 0 Å². The predicted molar refractivity (Wildman–Crippen MR) is 84.9 cm³/mol. The molecule has 0 fully saturated rings. The minimum absolute atomic E-state index is 0.785. The normalized spacial score (nSPS) is 11.3. The van der Waals surface area contributed by atoms with Crippen molar-refractivity contribution in [1.82, 2.24) is 4.90 Å². The maximum atomic E-state index is 5.70. The highest BCUT2D eigenvalue weighted by Gasteiger charge is 2.04. The van der Waals surface area contributed by atoms with Crippen LogP contribution < -0.4 is 0 Å². The quantitative estimate of drug-likeness (QED) is 0.524. The molecule has 102 valence electrons. The first-order valence-corrected chi connectivity index (χ1v) is 7.56.